The molecule has 1 rings (SSSR count). The Bertz CT molecular complexity index is 428. The number of nitriles is 1. The first kappa shape index (κ1) is 10.9. The van der Waals surface area contributed by atoms with Crippen molar-refractivity contribution in [2.75, 3.05) is 5.43 Å². The summed E-state index contributed by atoms with van der Waals surface area (Å²) in [5, 5.41) is 18.2. The molecule has 0 heterocycles. The van der Waals surface area contributed by atoms with Crippen LogP contribution < -0.4 is 5.43 Å². The van der Waals surface area contributed by atoms with E-state index in [-0.39, 0.29) is 11.3 Å². The fourth-order valence-corrected chi connectivity index (χ4v) is 2.18. The average Bonchev–Trinajstić information content (AvgIpc) is 2.08. The Kier molecular flexibility index (Phi) is 3.43. The number of nitrogens with zero attached hydrogens (tertiary/aromatic N) is 2. The first-order valence-corrected chi connectivity index (χ1v) is 4.93. The molecule has 0 amide bonds. The van der Waals surface area contributed by atoms with Gasteiger partial charge in [-0.3, -0.25) is 0 Å². The van der Waals surface area contributed by atoms with Crippen LogP contribution in [0.5, 0.6) is 0 Å². The maximum atomic E-state index is 10.2. The van der Waals surface area contributed by atoms with Crippen molar-refractivity contribution in [3.05, 3.63) is 36.8 Å². The number of nitro groups is 1. The van der Waals surface area contributed by atoms with E-state index in [1.54, 1.807) is 6.07 Å². The van der Waals surface area contributed by atoms with Gasteiger partial charge in [0.2, 0.25) is 0 Å². The Balaban J connectivity index is 3.27. The number of hydrogen-bond acceptors (Lipinski definition) is 3. The summed E-state index contributed by atoms with van der Waals surface area (Å²) >= 11 is 6.29. The highest BCUT2D eigenvalue weighted by molar-refractivity contribution is 9.11. The molecule has 0 aliphatic rings. The summed E-state index contributed by atoms with van der Waals surface area (Å²) in [4.78, 5) is 10.2. The Morgan fingerprint density at radius 1 is 1.50 bits per heavy atom. The second-order valence-corrected chi connectivity index (χ2v) is 4.06. The van der Waals surface area contributed by atoms with Gasteiger partial charge in [-0.2, -0.15) is 5.26 Å². The minimum absolute atomic E-state index is 0.153. The molecule has 14 heavy (non-hydrogen) atoms. The smallest absolute Gasteiger partial charge is 0.162 e. The zero-order valence-corrected chi connectivity index (χ0v) is 9.79. The van der Waals surface area contributed by atoms with E-state index in [1.807, 2.05) is 11.5 Å². The van der Waals surface area contributed by atoms with Crippen molar-refractivity contribution >= 4 is 37.5 Å². The van der Waals surface area contributed by atoms with E-state index in [4.69, 9.17) is 5.26 Å². The zero-order chi connectivity index (χ0) is 10.7. The van der Waals surface area contributed by atoms with E-state index >= 15 is 0 Å². The molecular weight excluding hydrogens is 318 g/mol. The van der Waals surface area contributed by atoms with E-state index in [1.165, 1.54) is 6.07 Å². The van der Waals surface area contributed by atoms with Crippen LogP contribution in [0.1, 0.15) is 5.56 Å². The average molecular weight is 321 g/mol. The molecule has 0 aliphatic heterocycles. The Morgan fingerprint density at radius 3 is 2.64 bits per heavy atom. The maximum Gasteiger partial charge on any atom is 0.162 e. The van der Waals surface area contributed by atoms with Crippen LogP contribution in [-0.4, -0.2) is 5.03 Å². The lowest BCUT2D eigenvalue weighted by Gasteiger charge is -2.03. The predicted molar refractivity (Wildman–Crippen MR) is 57.2 cm³/mol. The Labute approximate surface area is 96.1 Å². The van der Waals surface area contributed by atoms with Crippen molar-refractivity contribution in [3.63, 3.8) is 0 Å². The van der Waals surface area contributed by atoms with Gasteiger partial charge in [0.25, 0.3) is 0 Å². The highest BCUT2D eigenvalue weighted by atomic mass is 79.9. The number of benzene rings is 1. The monoisotopic (exact) mass is 319 g/mol. The number of rotatable bonds is 2. The van der Waals surface area contributed by atoms with Crippen molar-refractivity contribution in [1.82, 2.24) is 0 Å². The minimum Gasteiger partial charge on any atom is -0.235 e. The number of hydrazine groups is 1. The van der Waals surface area contributed by atoms with Crippen LogP contribution in [0.2, 0.25) is 0 Å². The van der Waals surface area contributed by atoms with Gasteiger partial charge in [-0.25, -0.2) is 10.1 Å². The SMILES string of the molecule is N#Cc1cc(Br)cc(Br)c1N[N+](=O)[O-]. The van der Waals surface area contributed by atoms with Crippen molar-refractivity contribution in [1.29, 1.82) is 5.26 Å². The van der Waals surface area contributed by atoms with Crippen LogP contribution in [0.25, 0.3) is 0 Å². The molecule has 0 fully saturated rings. The molecule has 0 radical (unpaired) electrons. The van der Waals surface area contributed by atoms with E-state index in [9.17, 15) is 10.1 Å². The molecule has 0 saturated carbocycles. The van der Waals surface area contributed by atoms with E-state index in [0.717, 1.165) is 0 Å². The molecule has 1 aromatic carbocycles. The molecule has 0 aromatic heterocycles. The number of anilines is 1. The van der Waals surface area contributed by atoms with Gasteiger partial charge < -0.3 is 0 Å². The molecule has 0 saturated heterocycles. The quantitative estimate of drug-likeness (QED) is 0.671. The fraction of sp³-hybridized carbons (Fsp3) is 0. The van der Waals surface area contributed by atoms with Crippen LogP contribution in [-0.2, 0) is 0 Å². The number of nitrogens with one attached hydrogen (secondary N) is 1. The van der Waals surface area contributed by atoms with Gasteiger partial charge in [0.15, 0.2) is 5.03 Å². The summed E-state index contributed by atoms with van der Waals surface area (Å²) < 4.78 is 1.13. The third-order valence-corrected chi connectivity index (χ3v) is 2.46. The molecule has 0 aliphatic carbocycles. The van der Waals surface area contributed by atoms with Crippen molar-refractivity contribution in [2.45, 2.75) is 0 Å². The third kappa shape index (κ3) is 2.43. The van der Waals surface area contributed by atoms with Crippen molar-refractivity contribution < 1.29 is 5.03 Å². The Morgan fingerprint density at radius 2 is 2.14 bits per heavy atom. The van der Waals surface area contributed by atoms with Gasteiger partial charge in [-0.05, 0) is 28.1 Å². The van der Waals surface area contributed by atoms with E-state index < -0.39 is 5.03 Å². The molecule has 72 valence electrons. The molecule has 1 N–H and O–H groups in total. The van der Waals surface area contributed by atoms with Crippen LogP contribution in [0.15, 0.2) is 21.1 Å². The predicted octanol–water partition coefficient (Wildman–Crippen LogP) is 2.69. The minimum atomic E-state index is -0.713. The highest BCUT2D eigenvalue weighted by Crippen LogP contribution is 2.30. The highest BCUT2D eigenvalue weighted by Gasteiger charge is 2.12. The van der Waals surface area contributed by atoms with Crippen molar-refractivity contribution in [3.8, 4) is 6.07 Å². The summed E-state index contributed by atoms with van der Waals surface area (Å²) in [6.45, 7) is 0. The number of halogens is 2. The first-order valence-electron chi connectivity index (χ1n) is 3.35. The summed E-state index contributed by atoms with van der Waals surface area (Å²) in [5.74, 6) is 0. The number of hydrogen-bond donors (Lipinski definition) is 1. The normalized spacial score (nSPS) is 9.21. The second-order valence-electron chi connectivity index (χ2n) is 2.29. The largest absolute Gasteiger partial charge is 0.235 e. The summed E-state index contributed by atoms with van der Waals surface area (Å²) in [5.41, 5.74) is 2.30. The second kappa shape index (κ2) is 4.39. The summed E-state index contributed by atoms with van der Waals surface area (Å²) in [7, 11) is 0. The molecule has 0 spiro atoms. The molecule has 7 heteroatoms. The molecule has 5 nitrogen and oxygen atoms in total. The van der Waals surface area contributed by atoms with Gasteiger partial charge in [0, 0.05) is 8.95 Å². The van der Waals surface area contributed by atoms with Gasteiger partial charge in [-0.1, -0.05) is 15.9 Å². The topological polar surface area (TPSA) is 79.0 Å². The Hall–Kier alpha value is -1.13. The van der Waals surface area contributed by atoms with Gasteiger partial charge in [0.05, 0.1) is 5.56 Å². The van der Waals surface area contributed by atoms with Crippen LogP contribution in [0, 0.1) is 21.4 Å². The molecule has 0 unspecified atom stereocenters. The van der Waals surface area contributed by atoms with E-state index in [0.29, 0.717) is 8.95 Å². The molecule has 0 bridgehead atoms. The van der Waals surface area contributed by atoms with Crippen LogP contribution in [0.3, 0.4) is 0 Å². The summed E-state index contributed by atoms with van der Waals surface area (Å²) in [6.07, 6.45) is 0. The lowest BCUT2D eigenvalue weighted by atomic mass is 10.2. The maximum absolute atomic E-state index is 10.2. The van der Waals surface area contributed by atoms with Gasteiger partial charge in [0.1, 0.15) is 11.8 Å². The van der Waals surface area contributed by atoms with E-state index in [2.05, 4.69) is 31.9 Å². The third-order valence-electron chi connectivity index (χ3n) is 1.38. The van der Waals surface area contributed by atoms with Crippen LogP contribution >= 0.6 is 31.9 Å². The molecule has 1 aromatic rings. The lowest BCUT2D eigenvalue weighted by Crippen LogP contribution is -2.09. The fourth-order valence-electron chi connectivity index (χ4n) is 0.867. The van der Waals surface area contributed by atoms with Gasteiger partial charge in [-0.15, -0.1) is 5.43 Å². The lowest BCUT2D eigenvalue weighted by molar-refractivity contribution is -0.445. The molecular formula is C7H3Br2N3O2. The standard InChI is InChI=1S/C7H3Br2N3O2/c8-5-1-4(3-10)7(6(9)2-5)11-12(13)14/h1-2,11H. The van der Waals surface area contributed by atoms with Gasteiger partial charge >= 0.3 is 0 Å². The van der Waals surface area contributed by atoms with Crippen molar-refractivity contribution in [2.24, 2.45) is 0 Å². The zero-order valence-electron chi connectivity index (χ0n) is 6.62. The summed E-state index contributed by atoms with van der Waals surface area (Å²) in [6, 6.07) is 4.97. The first-order chi connectivity index (χ1) is 6.54. The molecule has 0 atom stereocenters. The van der Waals surface area contributed by atoms with Crippen LogP contribution in [0.4, 0.5) is 5.69 Å².